The minimum Gasteiger partial charge on any atom is -0.494 e. The monoisotopic (exact) mass is 306 g/mol. The summed E-state index contributed by atoms with van der Waals surface area (Å²) >= 11 is 1.64. The third kappa shape index (κ3) is 4.27. The van der Waals surface area contributed by atoms with Gasteiger partial charge < -0.3 is 9.84 Å². The maximum atomic E-state index is 9.16. The summed E-state index contributed by atoms with van der Waals surface area (Å²) in [4.78, 5) is 6.76. The lowest BCUT2D eigenvalue weighted by Crippen LogP contribution is -2.31. The average Bonchev–Trinajstić information content (AvgIpc) is 2.96. The maximum Gasteiger partial charge on any atom is 0.123 e. The van der Waals surface area contributed by atoms with Gasteiger partial charge in [0, 0.05) is 23.5 Å². The molecule has 0 amide bonds. The van der Waals surface area contributed by atoms with E-state index in [4.69, 9.17) is 9.84 Å². The molecule has 21 heavy (non-hydrogen) atoms. The molecule has 0 aliphatic carbocycles. The Labute approximate surface area is 130 Å². The van der Waals surface area contributed by atoms with Crippen LogP contribution in [0.4, 0.5) is 0 Å². The van der Waals surface area contributed by atoms with Gasteiger partial charge in [-0.2, -0.15) is 0 Å². The number of nitrogens with zero attached hydrogens (tertiary/aromatic N) is 2. The lowest BCUT2D eigenvalue weighted by molar-refractivity contribution is 0.153. The molecule has 0 bridgehead atoms. The molecule has 0 saturated carbocycles. The highest BCUT2D eigenvalue weighted by Gasteiger charge is 2.11. The summed E-state index contributed by atoms with van der Waals surface area (Å²) in [5, 5.41) is 12.3. The Hall–Kier alpha value is -1.43. The molecule has 5 heteroatoms. The highest BCUT2D eigenvalue weighted by Crippen LogP contribution is 2.26. The van der Waals surface area contributed by atoms with Crippen LogP contribution < -0.4 is 4.74 Å². The van der Waals surface area contributed by atoms with Crippen molar-refractivity contribution in [2.75, 3.05) is 20.3 Å². The van der Waals surface area contributed by atoms with Gasteiger partial charge in [0.1, 0.15) is 10.8 Å². The third-order valence-corrected chi connectivity index (χ3v) is 4.33. The molecule has 0 aliphatic rings. The number of hydrogen-bond donors (Lipinski definition) is 1. The molecule has 0 aliphatic heterocycles. The van der Waals surface area contributed by atoms with E-state index in [2.05, 4.69) is 15.3 Å². The van der Waals surface area contributed by atoms with Crippen molar-refractivity contribution in [2.24, 2.45) is 0 Å². The minimum atomic E-state index is 0.139. The van der Waals surface area contributed by atoms with Gasteiger partial charge in [0.2, 0.25) is 0 Å². The molecule has 0 fully saturated rings. The molecule has 2 aromatic rings. The first-order valence-electron chi connectivity index (χ1n) is 7.12. The standard InChI is InChI=1S/C16H22N2O2S/c1-4-20-15-7-5-13(6-8-15)16-17-14(11-21-16)9-18(3)12(2)10-19/h5-8,11-12,19H,4,9-10H2,1-3H3. The summed E-state index contributed by atoms with van der Waals surface area (Å²) in [6.45, 7) is 5.56. The summed E-state index contributed by atoms with van der Waals surface area (Å²) in [5.74, 6) is 0.884. The molecule has 0 radical (unpaired) electrons. The van der Waals surface area contributed by atoms with Crippen LogP contribution in [0, 0.1) is 0 Å². The van der Waals surface area contributed by atoms with Crippen LogP contribution in [0.5, 0.6) is 5.75 Å². The van der Waals surface area contributed by atoms with Crippen molar-refractivity contribution in [1.82, 2.24) is 9.88 Å². The Morgan fingerprint density at radius 2 is 2.05 bits per heavy atom. The first-order valence-corrected chi connectivity index (χ1v) is 8.00. The molecule has 1 unspecified atom stereocenters. The van der Waals surface area contributed by atoms with Crippen molar-refractivity contribution in [3.63, 3.8) is 0 Å². The highest BCUT2D eigenvalue weighted by atomic mass is 32.1. The Balaban J connectivity index is 2.05. The van der Waals surface area contributed by atoms with Crippen LogP contribution in [0.25, 0.3) is 10.6 Å². The summed E-state index contributed by atoms with van der Waals surface area (Å²) in [5.41, 5.74) is 2.14. The number of aromatic nitrogens is 1. The number of benzene rings is 1. The predicted octanol–water partition coefficient (Wildman–Crippen LogP) is 3.02. The van der Waals surface area contributed by atoms with Crippen LogP contribution in [0.2, 0.25) is 0 Å². The molecule has 1 atom stereocenters. The van der Waals surface area contributed by atoms with E-state index in [9.17, 15) is 0 Å². The van der Waals surface area contributed by atoms with Gasteiger partial charge in [-0.1, -0.05) is 0 Å². The lowest BCUT2D eigenvalue weighted by Gasteiger charge is -2.21. The Morgan fingerprint density at radius 3 is 2.67 bits per heavy atom. The molecule has 0 saturated heterocycles. The number of aliphatic hydroxyl groups is 1. The first kappa shape index (κ1) is 15.9. The third-order valence-electron chi connectivity index (χ3n) is 3.39. The summed E-state index contributed by atoms with van der Waals surface area (Å²) in [6, 6.07) is 8.15. The summed E-state index contributed by atoms with van der Waals surface area (Å²) < 4.78 is 5.45. The molecule has 2 rings (SSSR count). The number of aliphatic hydroxyl groups excluding tert-OH is 1. The van der Waals surface area contributed by atoms with Crippen LogP contribution in [-0.2, 0) is 6.54 Å². The summed E-state index contributed by atoms with van der Waals surface area (Å²) in [7, 11) is 2.00. The van der Waals surface area contributed by atoms with E-state index in [1.54, 1.807) is 11.3 Å². The normalized spacial score (nSPS) is 12.6. The van der Waals surface area contributed by atoms with Crippen molar-refractivity contribution in [1.29, 1.82) is 0 Å². The number of likely N-dealkylation sites (N-methyl/N-ethyl adjacent to an activating group) is 1. The van der Waals surface area contributed by atoms with Crippen LogP contribution >= 0.6 is 11.3 Å². The van der Waals surface area contributed by atoms with E-state index in [0.717, 1.165) is 28.6 Å². The van der Waals surface area contributed by atoms with Crippen LogP contribution in [0.1, 0.15) is 19.5 Å². The zero-order valence-corrected chi connectivity index (χ0v) is 13.6. The van der Waals surface area contributed by atoms with Gasteiger partial charge in [-0.05, 0) is 45.2 Å². The number of thiazole rings is 1. The van der Waals surface area contributed by atoms with Crippen LogP contribution in [0.15, 0.2) is 29.6 Å². The van der Waals surface area contributed by atoms with Crippen molar-refractivity contribution in [3.05, 3.63) is 35.3 Å². The predicted molar refractivity (Wildman–Crippen MR) is 86.7 cm³/mol. The molecule has 1 heterocycles. The zero-order valence-electron chi connectivity index (χ0n) is 12.7. The number of hydrogen-bond acceptors (Lipinski definition) is 5. The SMILES string of the molecule is CCOc1ccc(-c2nc(CN(C)C(C)CO)cs2)cc1. The smallest absolute Gasteiger partial charge is 0.123 e. The van der Waals surface area contributed by atoms with E-state index >= 15 is 0 Å². The molecule has 1 N–H and O–H groups in total. The Kier molecular flexibility index (Phi) is 5.73. The van der Waals surface area contributed by atoms with Crippen molar-refractivity contribution in [2.45, 2.75) is 26.4 Å². The van der Waals surface area contributed by atoms with E-state index in [1.807, 2.05) is 45.2 Å². The maximum absolute atomic E-state index is 9.16. The van der Waals surface area contributed by atoms with E-state index in [0.29, 0.717) is 6.61 Å². The Morgan fingerprint density at radius 1 is 1.33 bits per heavy atom. The second-order valence-electron chi connectivity index (χ2n) is 5.05. The fourth-order valence-electron chi connectivity index (χ4n) is 1.92. The minimum absolute atomic E-state index is 0.139. The van der Waals surface area contributed by atoms with Gasteiger partial charge in [-0.25, -0.2) is 4.98 Å². The van der Waals surface area contributed by atoms with E-state index in [1.165, 1.54) is 0 Å². The second-order valence-corrected chi connectivity index (χ2v) is 5.91. The number of ether oxygens (including phenoxy) is 1. The molecule has 1 aromatic heterocycles. The van der Waals surface area contributed by atoms with Gasteiger partial charge in [-0.15, -0.1) is 11.3 Å². The van der Waals surface area contributed by atoms with Crippen molar-refractivity contribution < 1.29 is 9.84 Å². The Bertz CT molecular complexity index is 554. The fourth-order valence-corrected chi connectivity index (χ4v) is 2.74. The summed E-state index contributed by atoms with van der Waals surface area (Å²) in [6.07, 6.45) is 0. The fraction of sp³-hybridized carbons (Fsp3) is 0.438. The van der Waals surface area contributed by atoms with Crippen LogP contribution in [0.3, 0.4) is 0 Å². The van der Waals surface area contributed by atoms with Crippen LogP contribution in [-0.4, -0.2) is 41.3 Å². The molecule has 1 aromatic carbocycles. The number of rotatable bonds is 7. The lowest BCUT2D eigenvalue weighted by atomic mass is 10.2. The van der Waals surface area contributed by atoms with Gasteiger partial charge in [0.15, 0.2) is 0 Å². The molecule has 4 nitrogen and oxygen atoms in total. The van der Waals surface area contributed by atoms with Gasteiger partial charge in [0.25, 0.3) is 0 Å². The van der Waals surface area contributed by atoms with Crippen molar-refractivity contribution >= 4 is 11.3 Å². The molecule has 114 valence electrons. The van der Waals surface area contributed by atoms with Gasteiger partial charge in [0.05, 0.1) is 18.9 Å². The topological polar surface area (TPSA) is 45.6 Å². The first-order chi connectivity index (χ1) is 10.1. The van der Waals surface area contributed by atoms with E-state index < -0.39 is 0 Å². The molecular weight excluding hydrogens is 284 g/mol. The van der Waals surface area contributed by atoms with Gasteiger partial charge in [-0.3, -0.25) is 4.90 Å². The quantitative estimate of drug-likeness (QED) is 0.854. The zero-order chi connectivity index (χ0) is 15.2. The van der Waals surface area contributed by atoms with E-state index in [-0.39, 0.29) is 12.6 Å². The van der Waals surface area contributed by atoms with Gasteiger partial charge >= 0.3 is 0 Å². The highest BCUT2D eigenvalue weighted by molar-refractivity contribution is 7.13. The molecular formula is C16H22N2O2S. The second kappa shape index (κ2) is 7.54. The van der Waals surface area contributed by atoms with Crippen molar-refractivity contribution in [3.8, 4) is 16.3 Å². The largest absolute Gasteiger partial charge is 0.494 e. The average molecular weight is 306 g/mol. The molecule has 0 spiro atoms.